The van der Waals surface area contributed by atoms with Gasteiger partial charge in [-0.25, -0.2) is 9.37 Å². The summed E-state index contributed by atoms with van der Waals surface area (Å²) in [7, 11) is 0. The van der Waals surface area contributed by atoms with E-state index in [-0.39, 0.29) is 5.82 Å². The molecule has 2 rings (SSSR count). The van der Waals surface area contributed by atoms with Gasteiger partial charge in [0.2, 0.25) is 5.88 Å². The van der Waals surface area contributed by atoms with Crippen molar-refractivity contribution in [1.82, 2.24) is 4.98 Å². The molecule has 0 spiro atoms. The molecule has 0 saturated carbocycles. The van der Waals surface area contributed by atoms with Gasteiger partial charge in [0.25, 0.3) is 0 Å². The molecule has 0 saturated heterocycles. The van der Waals surface area contributed by atoms with Crippen LogP contribution in [0.5, 0.6) is 11.6 Å². The summed E-state index contributed by atoms with van der Waals surface area (Å²) in [5, 5.41) is 0. The lowest BCUT2D eigenvalue weighted by molar-refractivity contribution is 0.459. The Kier molecular flexibility index (Phi) is 3.67. The third kappa shape index (κ3) is 3.26. The molecule has 0 atom stereocenters. The maximum Gasteiger partial charge on any atom is 0.219 e. The first-order valence-corrected chi connectivity index (χ1v) is 5.36. The zero-order chi connectivity index (χ0) is 12.1. The zero-order valence-electron chi connectivity index (χ0n) is 9.27. The predicted octanol–water partition coefficient (Wildman–Crippen LogP) is 2.51. The molecule has 4 heteroatoms. The van der Waals surface area contributed by atoms with E-state index >= 15 is 0 Å². The number of nitrogens with zero attached hydrogens (tertiary/aromatic N) is 1. The van der Waals surface area contributed by atoms with E-state index < -0.39 is 0 Å². The van der Waals surface area contributed by atoms with Gasteiger partial charge < -0.3 is 10.5 Å². The molecule has 0 radical (unpaired) electrons. The van der Waals surface area contributed by atoms with Gasteiger partial charge in [0.15, 0.2) is 0 Å². The summed E-state index contributed by atoms with van der Waals surface area (Å²) >= 11 is 0. The molecule has 1 aromatic heterocycles. The Morgan fingerprint density at radius 3 is 2.47 bits per heavy atom. The van der Waals surface area contributed by atoms with Crippen LogP contribution in [-0.2, 0) is 6.42 Å². The SMILES string of the molecule is NCCc1ccc(Oc2ccc(F)cn2)cc1. The van der Waals surface area contributed by atoms with Gasteiger partial charge in [-0.3, -0.25) is 0 Å². The third-order valence-electron chi connectivity index (χ3n) is 2.28. The first-order valence-electron chi connectivity index (χ1n) is 5.36. The van der Waals surface area contributed by atoms with Crippen molar-refractivity contribution in [3.8, 4) is 11.6 Å². The lowest BCUT2D eigenvalue weighted by Crippen LogP contribution is -2.02. The molecule has 88 valence electrons. The Morgan fingerprint density at radius 1 is 1.12 bits per heavy atom. The summed E-state index contributed by atoms with van der Waals surface area (Å²) < 4.78 is 18.1. The Labute approximate surface area is 99.1 Å². The summed E-state index contributed by atoms with van der Waals surface area (Å²) in [5.74, 6) is 0.665. The predicted molar refractivity (Wildman–Crippen MR) is 63.5 cm³/mol. The van der Waals surface area contributed by atoms with Crippen LogP contribution in [0.15, 0.2) is 42.6 Å². The van der Waals surface area contributed by atoms with Crippen LogP contribution in [0.25, 0.3) is 0 Å². The average Bonchev–Trinajstić information content (AvgIpc) is 2.35. The second-order valence-corrected chi connectivity index (χ2v) is 3.60. The van der Waals surface area contributed by atoms with Crippen molar-refractivity contribution in [2.75, 3.05) is 6.54 Å². The van der Waals surface area contributed by atoms with Crippen LogP contribution in [0.3, 0.4) is 0 Å². The minimum absolute atomic E-state index is 0.373. The van der Waals surface area contributed by atoms with Crippen molar-refractivity contribution >= 4 is 0 Å². The molecule has 0 aliphatic heterocycles. The highest BCUT2D eigenvalue weighted by molar-refractivity contribution is 5.30. The monoisotopic (exact) mass is 232 g/mol. The van der Waals surface area contributed by atoms with Crippen LogP contribution in [0.2, 0.25) is 0 Å². The number of aromatic nitrogens is 1. The van der Waals surface area contributed by atoms with E-state index in [1.165, 1.54) is 12.1 Å². The summed E-state index contributed by atoms with van der Waals surface area (Å²) in [6.07, 6.45) is 1.97. The Hall–Kier alpha value is -1.94. The standard InChI is InChI=1S/C13H13FN2O/c14-11-3-6-13(16-9-11)17-12-4-1-10(2-5-12)7-8-15/h1-6,9H,7-8,15H2. The first kappa shape index (κ1) is 11.5. The van der Waals surface area contributed by atoms with E-state index in [0.717, 1.165) is 18.2 Å². The van der Waals surface area contributed by atoms with Crippen LogP contribution >= 0.6 is 0 Å². The van der Waals surface area contributed by atoms with Gasteiger partial charge in [0.05, 0.1) is 6.20 Å². The summed E-state index contributed by atoms with van der Waals surface area (Å²) in [5.41, 5.74) is 6.62. The minimum atomic E-state index is -0.379. The van der Waals surface area contributed by atoms with E-state index in [0.29, 0.717) is 18.2 Å². The maximum absolute atomic E-state index is 12.6. The number of hydrogen-bond donors (Lipinski definition) is 1. The van der Waals surface area contributed by atoms with Crippen LogP contribution in [-0.4, -0.2) is 11.5 Å². The molecule has 0 aliphatic rings. The van der Waals surface area contributed by atoms with Gasteiger partial charge >= 0.3 is 0 Å². The summed E-state index contributed by atoms with van der Waals surface area (Å²) in [6, 6.07) is 10.4. The largest absolute Gasteiger partial charge is 0.439 e. The number of hydrogen-bond acceptors (Lipinski definition) is 3. The number of halogens is 1. The smallest absolute Gasteiger partial charge is 0.219 e. The fourth-order valence-corrected chi connectivity index (χ4v) is 1.43. The highest BCUT2D eigenvalue weighted by Gasteiger charge is 1.99. The fraction of sp³-hybridized carbons (Fsp3) is 0.154. The topological polar surface area (TPSA) is 48.1 Å². The molecular weight excluding hydrogens is 219 g/mol. The van der Waals surface area contributed by atoms with Gasteiger partial charge in [-0.15, -0.1) is 0 Å². The second-order valence-electron chi connectivity index (χ2n) is 3.60. The van der Waals surface area contributed by atoms with Gasteiger partial charge in [-0.05, 0) is 36.7 Å². The molecule has 3 nitrogen and oxygen atoms in total. The second kappa shape index (κ2) is 5.41. The molecular formula is C13H13FN2O. The van der Waals surface area contributed by atoms with E-state index in [1.54, 1.807) is 0 Å². The van der Waals surface area contributed by atoms with Gasteiger partial charge in [0, 0.05) is 6.07 Å². The fourth-order valence-electron chi connectivity index (χ4n) is 1.43. The highest BCUT2D eigenvalue weighted by atomic mass is 19.1. The van der Waals surface area contributed by atoms with E-state index in [2.05, 4.69) is 4.98 Å². The number of pyridine rings is 1. The number of ether oxygens (including phenoxy) is 1. The highest BCUT2D eigenvalue weighted by Crippen LogP contribution is 2.19. The first-order chi connectivity index (χ1) is 8.28. The molecule has 2 N–H and O–H groups in total. The van der Waals surface area contributed by atoms with Crippen LogP contribution in [0.4, 0.5) is 4.39 Å². The van der Waals surface area contributed by atoms with Gasteiger partial charge in [-0.2, -0.15) is 0 Å². The van der Waals surface area contributed by atoms with E-state index in [9.17, 15) is 4.39 Å². The molecule has 1 aromatic carbocycles. The van der Waals surface area contributed by atoms with E-state index in [1.807, 2.05) is 24.3 Å². The normalized spacial score (nSPS) is 10.2. The molecule has 0 bridgehead atoms. The molecule has 0 fully saturated rings. The number of nitrogens with two attached hydrogens (primary N) is 1. The van der Waals surface area contributed by atoms with Crippen LogP contribution in [0, 0.1) is 5.82 Å². The summed E-state index contributed by atoms with van der Waals surface area (Å²) in [4.78, 5) is 3.82. The number of benzene rings is 1. The van der Waals surface area contributed by atoms with Crippen molar-refractivity contribution in [2.24, 2.45) is 5.73 Å². The Bertz CT molecular complexity index is 468. The quantitative estimate of drug-likeness (QED) is 0.881. The molecule has 17 heavy (non-hydrogen) atoms. The zero-order valence-corrected chi connectivity index (χ0v) is 9.27. The van der Waals surface area contributed by atoms with Crippen molar-refractivity contribution in [3.05, 3.63) is 54.0 Å². The molecule has 2 aromatic rings. The van der Waals surface area contributed by atoms with Crippen molar-refractivity contribution in [1.29, 1.82) is 0 Å². The lowest BCUT2D eigenvalue weighted by Gasteiger charge is -2.05. The van der Waals surface area contributed by atoms with Crippen molar-refractivity contribution < 1.29 is 9.13 Å². The van der Waals surface area contributed by atoms with Gasteiger partial charge in [-0.1, -0.05) is 12.1 Å². The van der Waals surface area contributed by atoms with Crippen molar-refractivity contribution in [3.63, 3.8) is 0 Å². The van der Waals surface area contributed by atoms with Crippen molar-refractivity contribution in [2.45, 2.75) is 6.42 Å². The van der Waals surface area contributed by atoms with E-state index in [4.69, 9.17) is 10.5 Å². The third-order valence-corrected chi connectivity index (χ3v) is 2.28. The molecule has 0 aliphatic carbocycles. The summed E-state index contributed by atoms with van der Waals surface area (Å²) in [6.45, 7) is 0.625. The van der Waals surface area contributed by atoms with Crippen LogP contribution in [0.1, 0.15) is 5.56 Å². The van der Waals surface area contributed by atoms with Crippen LogP contribution < -0.4 is 10.5 Å². The van der Waals surface area contributed by atoms with Gasteiger partial charge in [0.1, 0.15) is 11.6 Å². The molecule has 1 heterocycles. The maximum atomic E-state index is 12.6. The molecule has 0 unspecified atom stereocenters. The number of rotatable bonds is 4. The average molecular weight is 232 g/mol. The Balaban J connectivity index is 2.05. The lowest BCUT2D eigenvalue weighted by atomic mass is 10.1. The minimum Gasteiger partial charge on any atom is -0.439 e. The molecule has 0 amide bonds. The Morgan fingerprint density at radius 2 is 1.88 bits per heavy atom.